The fraction of sp³-hybridized carbons (Fsp3) is 0.667. The first kappa shape index (κ1) is 12.1. The summed E-state index contributed by atoms with van der Waals surface area (Å²) in [6.07, 6.45) is 4.21. The molecule has 5 heteroatoms. The second-order valence-electron chi connectivity index (χ2n) is 4.73. The predicted octanol–water partition coefficient (Wildman–Crippen LogP) is 0.647. The van der Waals surface area contributed by atoms with Crippen molar-refractivity contribution >= 4 is 5.91 Å². The number of hydrogen-bond donors (Lipinski definition) is 3. The normalized spacial score (nSPS) is 16.4. The van der Waals surface area contributed by atoms with E-state index in [2.05, 4.69) is 15.5 Å². The van der Waals surface area contributed by atoms with Gasteiger partial charge in [-0.3, -0.25) is 9.89 Å². The zero-order chi connectivity index (χ0) is 12.3. The van der Waals surface area contributed by atoms with E-state index in [0.717, 1.165) is 36.9 Å². The highest BCUT2D eigenvalue weighted by Crippen LogP contribution is 2.21. The summed E-state index contributed by atoms with van der Waals surface area (Å²) in [5.74, 6) is -0.0570. The van der Waals surface area contributed by atoms with E-state index in [4.69, 9.17) is 5.11 Å². The van der Waals surface area contributed by atoms with E-state index in [1.807, 2.05) is 6.92 Å². The molecule has 0 bridgehead atoms. The second kappa shape index (κ2) is 5.31. The first-order valence-corrected chi connectivity index (χ1v) is 6.17. The molecule has 2 rings (SSSR count). The highest BCUT2D eigenvalue weighted by molar-refractivity contribution is 5.94. The van der Waals surface area contributed by atoms with Crippen LogP contribution in [0, 0.1) is 5.92 Å². The first-order chi connectivity index (χ1) is 8.22. The molecule has 3 N–H and O–H groups in total. The molecule has 1 aromatic rings. The Hall–Kier alpha value is -1.36. The third-order valence-electron chi connectivity index (χ3n) is 3.19. The molecule has 0 fully saturated rings. The number of amides is 1. The van der Waals surface area contributed by atoms with Gasteiger partial charge in [-0.25, -0.2) is 0 Å². The first-order valence-electron chi connectivity index (χ1n) is 6.17. The van der Waals surface area contributed by atoms with E-state index in [1.54, 1.807) is 0 Å². The molecule has 5 nitrogen and oxygen atoms in total. The van der Waals surface area contributed by atoms with Crippen LogP contribution in [-0.2, 0) is 12.8 Å². The molecule has 1 unspecified atom stereocenters. The van der Waals surface area contributed by atoms with Crippen LogP contribution in [0.25, 0.3) is 0 Å². The lowest BCUT2D eigenvalue weighted by Gasteiger charge is -2.12. The van der Waals surface area contributed by atoms with Gasteiger partial charge in [0.15, 0.2) is 5.69 Å². The molecule has 1 aliphatic rings. The maximum absolute atomic E-state index is 11.9. The van der Waals surface area contributed by atoms with Crippen LogP contribution in [0.15, 0.2) is 0 Å². The third-order valence-corrected chi connectivity index (χ3v) is 3.19. The summed E-state index contributed by atoms with van der Waals surface area (Å²) in [5, 5.41) is 18.8. The molecule has 1 heterocycles. The van der Waals surface area contributed by atoms with E-state index >= 15 is 0 Å². The van der Waals surface area contributed by atoms with Crippen molar-refractivity contribution in [3.63, 3.8) is 0 Å². The fourth-order valence-electron chi connectivity index (χ4n) is 2.08. The Morgan fingerprint density at radius 3 is 3.06 bits per heavy atom. The Morgan fingerprint density at radius 1 is 1.53 bits per heavy atom. The van der Waals surface area contributed by atoms with Crippen molar-refractivity contribution in [1.29, 1.82) is 0 Å². The number of aliphatic hydroxyl groups excluding tert-OH is 1. The van der Waals surface area contributed by atoms with Gasteiger partial charge in [0.05, 0.1) is 0 Å². The van der Waals surface area contributed by atoms with Gasteiger partial charge in [0.25, 0.3) is 5.91 Å². The molecule has 0 saturated heterocycles. The summed E-state index contributed by atoms with van der Waals surface area (Å²) < 4.78 is 0. The maximum Gasteiger partial charge on any atom is 0.272 e. The minimum absolute atomic E-state index is 0.0775. The third kappa shape index (κ3) is 2.66. The van der Waals surface area contributed by atoms with Crippen LogP contribution in [0.5, 0.6) is 0 Å². The number of aromatic amines is 1. The molecular weight excluding hydrogens is 218 g/mol. The van der Waals surface area contributed by atoms with Gasteiger partial charge < -0.3 is 10.4 Å². The quantitative estimate of drug-likeness (QED) is 0.719. The summed E-state index contributed by atoms with van der Waals surface area (Å²) in [6.45, 7) is 2.45. The summed E-state index contributed by atoms with van der Waals surface area (Å²) in [5.41, 5.74) is 2.71. The lowest BCUT2D eigenvalue weighted by molar-refractivity contribution is 0.0936. The predicted molar refractivity (Wildman–Crippen MR) is 63.8 cm³/mol. The molecule has 1 amide bonds. The van der Waals surface area contributed by atoms with Crippen LogP contribution in [0.2, 0.25) is 0 Å². The molecule has 0 spiro atoms. The number of fused-ring (bicyclic) bond motifs is 1. The van der Waals surface area contributed by atoms with Crippen molar-refractivity contribution in [2.45, 2.75) is 32.6 Å². The number of carbonyl (C=O) groups excluding carboxylic acids is 1. The van der Waals surface area contributed by atoms with E-state index in [9.17, 15) is 4.79 Å². The van der Waals surface area contributed by atoms with Gasteiger partial charge in [0.1, 0.15) is 0 Å². The largest absolute Gasteiger partial charge is 0.396 e. The number of rotatable bonds is 4. The molecule has 17 heavy (non-hydrogen) atoms. The van der Waals surface area contributed by atoms with Crippen LogP contribution < -0.4 is 5.32 Å². The summed E-state index contributed by atoms with van der Waals surface area (Å²) in [6, 6.07) is 0. The van der Waals surface area contributed by atoms with Crippen molar-refractivity contribution in [3.8, 4) is 0 Å². The van der Waals surface area contributed by atoms with Crippen molar-refractivity contribution in [1.82, 2.24) is 15.5 Å². The SMILES string of the molecule is CC(CO)CNC(=O)c1n[nH]c2c1CCCC2. The van der Waals surface area contributed by atoms with Gasteiger partial charge >= 0.3 is 0 Å². The molecule has 1 aromatic heterocycles. The van der Waals surface area contributed by atoms with Crippen LogP contribution in [0.1, 0.15) is 41.5 Å². The van der Waals surface area contributed by atoms with E-state index in [1.165, 1.54) is 0 Å². The minimum Gasteiger partial charge on any atom is -0.396 e. The van der Waals surface area contributed by atoms with Crippen LogP contribution in [0.4, 0.5) is 0 Å². The van der Waals surface area contributed by atoms with E-state index in [-0.39, 0.29) is 18.4 Å². The molecular formula is C12H19N3O2. The highest BCUT2D eigenvalue weighted by Gasteiger charge is 2.21. The Kier molecular flexibility index (Phi) is 3.78. The Bertz CT molecular complexity index is 400. The van der Waals surface area contributed by atoms with Crippen LogP contribution in [-0.4, -0.2) is 34.4 Å². The van der Waals surface area contributed by atoms with E-state index in [0.29, 0.717) is 12.2 Å². The number of H-pyrrole nitrogens is 1. The molecule has 0 aliphatic heterocycles. The number of nitrogens with zero attached hydrogens (tertiary/aromatic N) is 1. The molecule has 1 atom stereocenters. The number of nitrogens with one attached hydrogen (secondary N) is 2. The monoisotopic (exact) mass is 237 g/mol. The molecule has 0 saturated carbocycles. The van der Waals surface area contributed by atoms with Crippen molar-refractivity contribution in [2.24, 2.45) is 5.92 Å². The molecule has 0 radical (unpaired) electrons. The lowest BCUT2D eigenvalue weighted by Crippen LogP contribution is -2.30. The van der Waals surface area contributed by atoms with Gasteiger partial charge in [-0.15, -0.1) is 0 Å². The van der Waals surface area contributed by atoms with Crippen molar-refractivity contribution in [2.75, 3.05) is 13.2 Å². The molecule has 1 aliphatic carbocycles. The number of hydrogen-bond acceptors (Lipinski definition) is 3. The average Bonchev–Trinajstić information content (AvgIpc) is 2.79. The lowest BCUT2D eigenvalue weighted by atomic mass is 9.96. The standard InChI is InChI=1S/C12H19N3O2/c1-8(7-16)6-13-12(17)11-9-4-2-3-5-10(9)14-15-11/h8,16H,2-7H2,1H3,(H,13,17)(H,14,15). The Morgan fingerprint density at radius 2 is 2.29 bits per heavy atom. The highest BCUT2D eigenvalue weighted by atomic mass is 16.3. The topological polar surface area (TPSA) is 78.0 Å². The second-order valence-corrected chi connectivity index (χ2v) is 4.73. The van der Waals surface area contributed by atoms with Gasteiger partial charge in [0.2, 0.25) is 0 Å². The average molecular weight is 237 g/mol. The number of aryl methyl sites for hydroxylation is 1. The van der Waals surface area contributed by atoms with Gasteiger partial charge in [-0.2, -0.15) is 5.10 Å². The fourth-order valence-corrected chi connectivity index (χ4v) is 2.08. The van der Waals surface area contributed by atoms with Crippen molar-refractivity contribution < 1.29 is 9.90 Å². The van der Waals surface area contributed by atoms with Gasteiger partial charge in [-0.05, 0) is 31.6 Å². The molecule has 94 valence electrons. The Balaban J connectivity index is 2.02. The molecule has 0 aromatic carbocycles. The van der Waals surface area contributed by atoms with Crippen molar-refractivity contribution in [3.05, 3.63) is 17.0 Å². The summed E-state index contributed by atoms with van der Waals surface area (Å²) in [4.78, 5) is 11.9. The zero-order valence-electron chi connectivity index (χ0n) is 10.1. The van der Waals surface area contributed by atoms with Crippen LogP contribution in [0.3, 0.4) is 0 Å². The summed E-state index contributed by atoms with van der Waals surface area (Å²) >= 11 is 0. The smallest absolute Gasteiger partial charge is 0.272 e. The number of aliphatic hydroxyl groups is 1. The minimum atomic E-state index is -0.135. The Labute approximate surface area is 101 Å². The van der Waals surface area contributed by atoms with Crippen LogP contribution >= 0.6 is 0 Å². The van der Waals surface area contributed by atoms with Gasteiger partial charge in [0, 0.05) is 24.4 Å². The number of aromatic nitrogens is 2. The summed E-state index contributed by atoms with van der Waals surface area (Å²) in [7, 11) is 0. The van der Waals surface area contributed by atoms with E-state index < -0.39 is 0 Å². The maximum atomic E-state index is 11.9. The van der Waals surface area contributed by atoms with Gasteiger partial charge in [-0.1, -0.05) is 6.92 Å². The zero-order valence-corrected chi connectivity index (χ0v) is 10.1. The number of carbonyl (C=O) groups is 1.